The van der Waals surface area contributed by atoms with Crippen LogP contribution in [0.25, 0.3) is 6.08 Å². The zero-order chi connectivity index (χ0) is 19.9. The first-order chi connectivity index (χ1) is 13.6. The van der Waals surface area contributed by atoms with Gasteiger partial charge in [-0.05, 0) is 53.9 Å². The third-order valence-electron chi connectivity index (χ3n) is 3.51. The Morgan fingerprint density at radius 3 is 2.50 bits per heavy atom. The highest BCUT2D eigenvalue weighted by Gasteiger charge is 2.16. The summed E-state index contributed by atoms with van der Waals surface area (Å²) in [6.07, 6.45) is 2.67. The monoisotopic (exact) mass is 400 g/mol. The van der Waals surface area contributed by atoms with Crippen LogP contribution in [0.15, 0.2) is 70.2 Å². The fourth-order valence-corrected chi connectivity index (χ4v) is 2.73. The van der Waals surface area contributed by atoms with Crippen molar-refractivity contribution in [1.82, 2.24) is 0 Å². The van der Waals surface area contributed by atoms with Crippen LogP contribution in [0.1, 0.15) is 4.88 Å². The molecule has 142 valence electrons. The number of rotatable bonds is 6. The van der Waals surface area contributed by atoms with Crippen LogP contribution in [-0.4, -0.2) is 13.1 Å². The van der Waals surface area contributed by atoms with Gasteiger partial charge in [-0.25, -0.2) is 9.18 Å². The molecule has 0 saturated heterocycles. The van der Waals surface area contributed by atoms with Crippen molar-refractivity contribution < 1.29 is 23.0 Å². The van der Waals surface area contributed by atoms with Gasteiger partial charge < -0.3 is 9.47 Å². The third-order valence-corrected chi connectivity index (χ3v) is 4.35. The summed E-state index contributed by atoms with van der Waals surface area (Å²) in [4.78, 5) is 12.6. The molecular weight excluding hydrogens is 386 g/mol. The molecule has 0 amide bonds. The van der Waals surface area contributed by atoms with Gasteiger partial charge in [0.15, 0.2) is 11.6 Å². The predicted octanol–water partition coefficient (Wildman–Crippen LogP) is 6.07. The number of ether oxygens (including phenoxy) is 2. The van der Waals surface area contributed by atoms with Crippen molar-refractivity contribution in [3.63, 3.8) is 0 Å². The summed E-state index contributed by atoms with van der Waals surface area (Å²) < 4.78 is 38.2. The molecule has 1 aromatic heterocycles. The van der Waals surface area contributed by atoms with Crippen molar-refractivity contribution in [3.8, 4) is 11.5 Å². The second kappa shape index (κ2) is 9.01. The second-order valence-corrected chi connectivity index (χ2v) is 6.36. The molecule has 0 bridgehead atoms. The molecule has 3 rings (SSSR count). The van der Waals surface area contributed by atoms with Crippen LogP contribution in [0.5, 0.6) is 11.5 Å². The Kier molecular flexibility index (Phi) is 6.23. The van der Waals surface area contributed by atoms with E-state index in [9.17, 15) is 13.6 Å². The van der Waals surface area contributed by atoms with Crippen LogP contribution in [-0.2, 0) is 4.79 Å². The molecule has 0 saturated carbocycles. The Bertz CT molecular complexity index is 1020. The van der Waals surface area contributed by atoms with E-state index in [1.54, 1.807) is 30.3 Å². The van der Waals surface area contributed by atoms with Crippen LogP contribution in [0.3, 0.4) is 0 Å². The molecule has 2 aromatic carbocycles. The molecule has 1 heterocycles. The lowest BCUT2D eigenvalue weighted by Crippen LogP contribution is -2.06. The van der Waals surface area contributed by atoms with Gasteiger partial charge >= 0.3 is 5.97 Å². The molecule has 0 spiro atoms. The number of hydrogen-bond donors (Lipinski definition) is 0. The first-order valence-corrected chi connectivity index (χ1v) is 8.92. The zero-order valence-corrected chi connectivity index (χ0v) is 15.5. The molecule has 0 radical (unpaired) electrons. The average Bonchev–Trinajstić information content (AvgIpc) is 3.23. The van der Waals surface area contributed by atoms with Crippen molar-refractivity contribution in [2.24, 2.45) is 10.2 Å². The number of carbonyl (C=O) groups is 1. The van der Waals surface area contributed by atoms with E-state index in [0.29, 0.717) is 11.4 Å². The largest absolute Gasteiger partial charge is 0.497 e. The number of methoxy groups -OCH3 is 1. The lowest BCUT2D eigenvalue weighted by atomic mass is 10.3. The average molecular weight is 400 g/mol. The minimum atomic E-state index is -1.32. The van der Waals surface area contributed by atoms with Gasteiger partial charge in [-0.15, -0.1) is 16.5 Å². The quantitative estimate of drug-likeness (QED) is 0.218. The minimum absolute atomic E-state index is 0.317. The first kappa shape index (κ1) is 19.4. The van der Waals surface area contributed by atoms with Crippen LogP contribution in [0, 0.1) is 11.6 Å². The topological polar surface area (TPSA) is 60.3 Å². The van der Waals surface area contributed by atoms with Crippen molar-refractivity contribution in [2.45, 2.75) is 0 Å². The fraction of sp³-hybridized carbons (Fsp3) is 0.0500. The Morgan fingerprint density at radius 1 is 1.04 bits per heavy atom. The number of halogens is 2. The number of carbonyl (C=O) groups excluding carboxylic acids is 1. The molecule has 0 aliphatic carbocycles. The van der Waals surface area contributed by atoms with Gasteiger partial charge in [0.1, 0.15) is 11.4 Å². The number of esters is 1. The van der Waals surface area contributed by atoms with Crippen LogP contribution < -0.4 is 9.47 Å². The predicted molar refractivity (Wildman–Crippen MR) is 103 cm³/mol. The van der Waals surface area contributed by atoms with E-state index < -0.39 is 23.4 Å². The van der Waals surface area contributed by atoms with Gasteiger partial charge in [-0.1, -0.05) is 6.07 Å². The Balaban J connectivity index is 1.71. The number of azo groups is 1. The highest BCUT2D eigenvalue weighted by molar-refractivity contribution is 7.10. The minimum Gasteiger partial charge on any atom is -0.497 e. The lowest BCUT2D eigenvalue weighted by molar-refractivity contribution is -0.129. The molecule has 28 heavy (non-hydrogen) atoms. The maximum absolute atomic E-state index is 14.2. The third kappa shape index (κ3) is 4.86. The smallest absolute Gasteiger partial charge is 0.336 e. The Hall–Kier alpha value is -3.39. The van der Waals surface area contributed by atoms with Gasteiger partial charge in [-0.2, -0.15) is 9.50 Å². The molecule has 0 aliphatic rings. The molecule has 3 aromatic rings. The van der Waals surface area contributed by atoms with E-state index in [1.807, 2.05) is 11.4 Å². The summed E-state index contributed by atoms with van der Waals surface area (Å²) in [5, 5.41) is 9.39. The second-order valence-electron chi connectivity index (χ2n) is 5.38. The van der Waals surface area contributed by atoms with Crippen LogP contribution >= 0.6 is 11.3 Å². The van der Waals surface area contributed by atoms with Gasteiger partial charge in [-0.3, -0.25) is 0 Å². The maximum atomic E-state index is 14.2. The number of nitrogens with zero attached hydrogens (tertiary/aromatic N) is 2. The molecular formula is C20H14F2N2O3S. The van der Waals surface area contributed by atoms with Gasteiger partial charge in [0.05, 0.1) is 12.8 Å². The molecule has 0 atom stereocenters. The summed E-state index contributed by atoms with van der Waals surface area (Å²) in [6, 6.07) is 12.5. The summed E-state index contributed by atoms with van der Waals surface area (Å²) in [7, 11) is 1.53. The standard InChI is InChI=1S/C20H14F2N2O3S/c1-26-14-6-4-13(5-7-14)23-24-16-9-10-17(20(22)19(16)21)27-18(25)11-8-15-3-2-12-28-15/h2-12H,1H3/b11-8+,24-23?. The molecule has 5 nitrogen and oxygen atoms in total. The summed E-state index contributed by atoms with van der Waals surface area (Å²) in [6.45, 7) is 0. The number of thiophene rings is 1. The molecule has 0 N–H and O–H groups in total. The lowest BCUT2D eigenvalue weighted by Gasteiger charge is -2.05. The van der Waals surface area contributed by atoms with E-state index in [2.05, 4.69) is 10.2 Å². The molecule has 0 unspecified atom stereocenters. The molecule has 0 fully saturated rings. The van der Waals surface area contributed by atoms with E-state index in [-0.39, 0.29) is 5.69 Å². The van der Waals surface area contributed by atoms with E-state index in [4.69, 9.17) is 9.47 Å². The van der Waals surface area contributed by atoms with E-state index in [0.717, 1.165) is 17.0 Å². The van der Waals surface area contributed by atoms with Crippen molar-refractivity contribution in [1.29, 1.82) is 0 Å². The van der Waals surface area contributed by atoms with Crippen LogP contribution in [0.2, 0.25) is 0 Å². The van der Waals surface area contributed by atoms with Crippen molar-refractivity contribution >= 4 is 34.8 Å². The summed E-state index contributed by atoms with van der Waals surface area (Å²) in [5.41, 5.74) is 0.122. The highest BCUT2D eigenvalue weighted by Crippen LogP contribution is 2.29. The number of benzene rings is 2. The molecule has 0 aliphatic heterocycles. The normalized spacial score (nSPS) is 11.2. The fourth-order valence-electron chi connectivity index (χ4n) is 2.12. The molecule has 8 heteroatoms. The summed E-state index contributed by atoms with van der Waals surface area (Å²) in [5.74, 6) is -3.29. The van der Waals surface area contributed by atoms with Crippen molar-refractivity contribution in [2.75, 3.05) is 7.11 Å². The van der Waals surface area contributed by atoms with E-state index in [1.165, 1.54) is 30.6 Å². The Labute approximate surface area is 163 Å². The summed E-state index contributed by atoms with van der Waals surface area (Å²) >= 11 is 1.43. The van der Waals surface area contributed by atoms with Gasteiger partial charge in [0, 0.05) is 11.0 Å². The zero-order valence-electron chi connectivity index (χ0n) is 14.6. The first-order valence-electron chi connectivity index (χ1n) is 8.04. The van der Waals surface area contributed by atoms with Gasteiger partial charge in [0.25, 0.3) is 0 Å². The number of hydrogen-bond acceptors (Lipinski definition) is 6. The van der Waals surface area contributed by atoms with Crippen molar-refractivity contribution in [3.05, 3.63) is 76.5 Å². The maximum Gasteiger partial charge on any atom is 0.336 e. The Morgan fingerprint density at radius 2 is 1.82 bits per heavy atom. The SMILES string of the molecule is COc1ccc(N=Nc2ccc(OC(=O)/C=C/c3cccs3)c(F)c2F)cc1. The van der Waals surface area contributed by atoms with Gasteiger partial charge in [0.2, 0.25) is 5.82 Å². The van der Waals surface area contributed by atoms with Crippen LogP contribution in [0.4, 0.5) is 20.2 Å². The van der Waals surface area contributed by atoms with E-state index >= 15 is 0 Å². The highest BCUT2D eigenvalue weighted by atomic mass is 32.1.